The highest BCUT2D eigenvalue weighted by atomic mass is 32.2. The minimum absolute atomic E-state index is 0.185. The third kappa shape index (κ3) is 2.86. The van der Waals surface area contributed by atoms with Crippen molar-refractivity contribution in [3.8, 4) is 0 Å². The summed E-state index contributed by atoms with van der Waals surface area (Å²) in [6.45, 7) is 1.40. The third-order valence-corrected chi connectivity index (χ3v) is 2.61. The molecule has 0 heterocycles. The Morgan fingerprint density at radius 2 is 2.21 bits per heavy atom. The molecule has 76 valence electrons. The maximum atomic E-state index is 11.4. The van der Waals surface area contributed by atoms with Gasteiger partial charge in [0.1, 0.15) is 0 Å². The van der Waals surface area contributed by atoms with E-state index in [-0.39, 0.29) is 5.91 Å². The highest BCUT2D eigenvalue weighted by molar-refractivity contribution is 7.98. The molecule has 1 amide bonds. The van der Waals surface area contributed by atoms with Crippen LogP contribution in [0.1, 0.15) is 6.92 Å². The summed E-state index contributed by atoms with van der Waals surface area (Å²) in [5.74, 6) is 3.17. The van der Waals surface area contributed by atoms with Gasteiger partial charge in [0, 0.05) is 17.5 Å². The maximum Gasteiger partial charge on any atom is 0.221 e. The predicted octanol–water partition coefficient (Wildman–Crippen LogP) is 0.594. The molecular weight excluding hydrogens is 200 g/mol. The largest absolute Gasteiger partial charge is 0.326 e. The lowest BCUT2D eigenvalue weighted by Gasteiger charge is -2.06. The van der Waals surface area contributed by atoms with Gasteiger partial charge in [0.25, 0.3) is 0 Å². The van der Waals surface area contributed by atoms with Crippen molar-refractivity contribution in [2.24, 2.45) is 5.14 Å². The zero-order chi connectivity index (χ0) is 10.8. The number of benzene rings is 1. The van der Waals surface area contributed by atoms with Gasteiger partial charge in [-0.2, -0.15) is 0 Å². The molecule has 0 radical (unpaired) electrons. The Kier molecular flexibility index (Phi) is 2.93. The highest BCUT2D eigenvalue weighted by Crippen LogP contribution is 2.13. The summed E-state index contributed by atoms with van der Waals surface area (Å²) in [4.78, 5) is 11.2. The second-order valence-corrected chi connectivity index (χ2v) is 4.86. The molecule has 0 aliphatic heterocycles. The summed E-state index contributed by atoms with van der Waals surface area (Å²) in [5, 5.41) is 7.93. The van der Waals surface area contributed by atoms with E-state index in [1.165, 1.54) is 6.92 Å². The molecule has 1 aromatic rings. The average Bonchev–Trinajstić information content (AvgIpc) is 2.01. The van der Waals surface area contributed by atoms with Crippen LogP contribution in [0, 0.1) is 0 Å². The first-order chi connectivity index (χ1) is 6.39. The number of hydrogen-bond donors (Lipinski definition) is 2. The minimum Gasteiger partial charge on any atom is -0.326 e. The third-order valence-electron chi connectivity index (χ3n) is 1.55. The second-order valence-electron chi connectivity index (χ2n) is 2.94. The van der Waals surface area contributed by atoms with E-state index in [1.807, 2.05) is 0 Å². The standard InChI is InChI=1S/C9H12N2O2S/c1-7(12)11-8-4-3-5-9(6-8)14(2,10)13/h3-6H,2H2,1H3,(H2,10,13)(H,11,12). The van der Waals surface area contributed by atoms with Gasteiger partial charge in [-0.1, -0.05) is 6.07 Å². The van der Waals surface area contributed by atoms with Crippen LogP contribution in [0.25, 0.3) is 0 Å². The average molecular weight is 212 g/mol. The number of nitrogens with two attached hydrogens (primary N) is 1. The first-order valence-electron chi connectivity index (χ1n) is 3.92. The molecule has 0 aromatic heterocycles. The van der Waals surface area contributed by atoms with Crippen LogP contribution in [0.5, 0.6) is 0 Å². The van der Waals surface area contributed by atoms with Gasteiger partial charge in [-0.3, -0.25) is 9.93 Å². The van der Waals surface area contributed by atoms with Crippen molar-refractivity contribution in [3.63, 3.8) is 0 Å². The monoisotopic (exact) mass is 212 g/mol. The lowest BCUT2D eigenvalue weighted by molar-refractivity contribution is -0.114. The van der Waals surface area contributed by atoms with Crippen molar-refractivity contribution in [1.82, 2.24) is 0 Å². The number of hydrogen-bond acceptors (Lipinski definition) is 2. The number of amides is 1. The van der Waals surface area contributed by atoms with E-state index >= 15 is 0 Å². The Hall–Kier alpha value is -1.33. The van der Waals surface area contributed by atoms with Crippen LogP contribution < -0.4 is 10.5 Å². The molecular formula is C9H12N2O2S. The molecule has 0 bridgehead atoms. The Morgan fingerprint density at radius 1 is 1.57 bits per heavy atom. The number of rotatable bonds is 2. The predicted molar refractivity (Wildman–Crippen MR) is 58.5 cm³/mol. The van der Waals surface area contributed by atoms with E-state index in [9.17, 15) is 9.00 Å². The molecule has 0 saturated carbocycles. The van der Waals surface area contributed by atoms with E-state index in [2.05, 4.69) is 11.2 Å². The normalized spacial score (nSPS) is 14.4. The molecule has 1 aromatic carbocycles. The summed E-state index contributed by atoms with van der Waals surface area (Å²) in [5.41, 5.74) is 0.567. The van der Waals surface area contributed by atoms with Crippen molar-refractivity contribution in [1.29, 1.82) is 0 Å². The van der Waals surface area contributed by atoms with E-state index in [1.54, 1.807) is 24.3 Å². The number of nitrogens with one attached hydrogen (secondary N) is 1. The van der Waals surface area contributed by atoms with Crippen molar-refractivity contribution in [2.45, 2.75) is 11.8 Å². The van der Waals surface area contributed by atoms with Crippen LogP contribution >= 0.6 is 0 Å². The van der Waals surface area contributed by atoms with Gasteiger partial charge in [-0.25, -0.2) is 4.21 Å². The van der Waals surface area contributed by atoms with Crippen molar-refractivity contribution in [2.75, 3.05) is 5.32 Å². The fourth-order valence-electron chi connectivity index (χ4n) is 0.992. The van der Waals surface area contributed by atoms with Crippen LogP contribution in [0.3, 0.4) is 0 Å². The molecule has 0 aliphatic rings. The maximum absolute atomic E-state index is 11.4. The highest BCUT2D eigenvalue weighted by Gasteiger charge is 2.02. The van der Waals surface area contributed by atoms with Crippen molar-refractivity contribution in [3.05, 3.63) is 24.3 Å². The van der Waals surface area contributed by atoms with Gasteiger partial charge in [0.05, 0.1) is 9.71 Å². The molecule has 0 saturated heterocycles. The van der Waals surface area contributed by atoms with E-state index < -0.39 is 9.71 Å². The van der Waals surface area contributed by atoms with Crippen LogP contribution in [0.2, 0.25) is 0 Å². The molecule has 1 unspecified atom stereocenters. The van der Waals surface area contributed by atoms with Gasteiger partial charge in [-0.05, 0) is 24.1 Å². The van der Waals surface area contributed by atoms with E-state index in [0.717, 1.165) is 0 Å². The van der Waals surface area contributed by atoms with Gasteiger partial charge >= 0.3 is 0 Å². The van der Waals surface area contributed by atoms with Gasteiger partial charge in [0.15, 0.2) is 0 Å². The fraction of sp³-hybridized carbons (Fsp3) is 0.111. The van der Waals surface area contributed by atoms with E-state index in [0.29, 0.717) is 10.6 Å². The smallest absolute Gasteiger partial charge is 0.221 e. The van der Waals surface area contributed by atoms with Crippen LogP contribution in [0.15, 0.2) is 29.2 Å². The lowest BCUT2D eigenvalue weighted by Crippen LogP contribution is -2.13. The molecule has 3 N–H and O–H groups in total. The Balaban J connectivity index is 3.08. The first-order valence-corrected chi connectivity index (χ1v) is 5.71. The van der Waals surface area contributed by atoms with E-state index in [4.69, 9.17) is 5.14 Å². The van der Waals surface area contributed by atoms with Gasteiger partial charge in [0.2, 0.25) is 5.91 Å². The minimum atomic E-state index is -2.71. The van der Waals surface area contributed by atoms with Gasteiger partial charge < -0.3 is 5.32 Å². The Bertz CT molecular complexity index is 452. The summed E-state index contributed by atoms with van der Waals surface area (Å²) in [6, 6.07) is 6.52. The summed E-state index contributed by atoms with van der Waals surface area (Å²) < 4.78 is 11.4. The molecule has 1 rings (SSSR count). The van der Waals surface area contributed by atoms with Crippen molar-refractivity contribution >= 4 is 27.2 Å². The number of carbonyl (C=O) groups is 1. The fourth-order valence-corrected chi connectivity index (χ4v) is 1.63. The first kappa shape index (κ1) is 10.7. The number of anilines is 1. The molecule has 0 aliphatic carbocycles. The summed E-state index contributed by atoms with van der Waals surface area (Å²) >= 11 is 0. The molecule has 5 heteroatoms. The topological polar surface area (TPSA) is 72.2 Å². The van der Waals surface area contributed by atoms with Crippen molar-refractivity contribution < 1.29 is 9.00 Å². The molecule has 0 fully saturated rings. The summed E-state index contributed by atoms with van der Waals surface area (Å²) in [6.07, 6.45) is 0. The quantitative estimate of drug-likeness (QED) is 0.704. The Morgan fingerprint density at radius 3 is 2.71 bits per heavy atom. The summed E-state index contributed by atoms with van der Waals surface area (Å²) in [7, 11) is -2.71. The SMILES string of the molecule is C=S(N)(=O)c1cccc(NC(C)=O)c1. The lowest BCUT2D eigenvalue weighted by atomic mass is 10.3. The van der Waals surface area contributed by atoms with Crippen LogP contribution in [0.4, 0.5) is 5.69 Å². The molecule has 1 atom stereocenters. The van der Waals surface area contributed by atoms with Crippen LogP contribution in [-0.4, -0.2) is 16.0 Å². The van der Waals surface area contributed by atoms with Gasteiger partial charge in [-0.15, -0.1) is 0 Å². The zero-order valence-electron chi connectivity index (χ0n) is 7.82. The molecule has 4 nitrogen and oxygen atoms in total. The number of carbonyl (C=O) groups excluding carboxylic acids is 1. The Labute approximate surface area is 83.3 Å². The molecule has 0 spiro atoms. The van der Waals surface area contributed by atoms with Crippen LogP contribution in [-0.2, 0) is 14.5 Å². The molecule has 14 heavy (non-hydrogen) atoms. The second kappa shape index (κ2) is 3.81. The zero-order valence-corrected chi connectivity index (χ0v) is 8.64.